The van der Waals surface area contributed by atoms with Gasteiger partial charge in [0, 0.05) is 10.4 Å². The Morgan fingerprint density at radius 2 is 0.895 bits per heavy atom. The molecule has 6 nitrogen and oxygen atoms in total. The predicted octanol–water partition coefficient (Wildman–Crippen LogP) is 0.867. The molecule has 0 aromatic heterocycles. The molecule has 0 heterocycles. The van der Waals surface area contributed by atoms with Crippen LogP contribution < -0.4 is 0 Å². The van der Waals surface area contributed by atoms with E-state index in [1.54, 1.807) is 0 Å². The first-order chi connectivity index (χ1) is 8.12. The number of hydrogen-bond acceptors (Lipinski definition) is 4. The zero-order valence-electron chi connectivity index (χ0n) is 13.8. The molecule has 0 N–H and O–H groups in total. The van der Waals surface area contributed by atoms with E-state index in [0.29, 0.717) is 0 Å². The molecule has 19 heavy (non-hydrogen) atoms. The van der Waals surface area contributed by atoms with Gasteiger partial charge in [0.2, 0.25) is 0 Å². The highest BCUT2D eigenvalue weighted by molar-refractivity contribution is 7.79. The molecule has 0 amide bonds. The lowest BCUT2D eigenvalue weighted by atomic mass is 10.4. The third-order valence-corrected chi connectivity index (χ3v) is 1.79. The zero-order chi connectivity index (χ0) is 16.3. The summed E-state index contributed by atoms with van der Waals surface area (Å²) in [6.07, 6.45) is 2.56. The molecular weight excluding hydrogens is 268 g/mol. The Hall–Kier alpha value is -0.210. The van der Waals surface area contributed by atoms with Crippen molar-refractivity contribution in [1.82, 2.24) is 0 Å². The van der Waals surface area contributed by atoms with Crippen LogP contribution in [0.2, 0.25) is 0 Å². The molecule has 120 valence electrons. The van der Waals surface area contributed by atoms with E-state index < -0.39 is 10.4 Å². The first-order valence-corrected chi connectivity index (χ1v) is 7.73. The molecule has 0 atom stereocenters. The van der Waals surface area contributed by atoms with Crippen molar-refractivity contribution >= 4 is 10.4 Å². The molecule has 0 saturated heterocycles. The molecule has 0 aliphatic heterocycles. The zero-order valence-corrected chi connectivity index (χ0v) is 14.6. The quantitative estimate of drug-likeness (QED) is 0.438. The van der Waals surface area contributed by atoms with Crippen molar-refractivity contribution in [2.24, 2.45) is 0 Å². The van der Waals surface area contributed by atoms with E-state index >= 15 is 0 Å². The molecule has 0 unspecified atom stereocenters. The maximum absolute atomic E-state index is 8.52. The fraction of sp³-hybridized carbons (Fsp3) is 1.00. The minimum Gasteiger partial charge on any atom is -0.759 e. The van der Waals surface area contributed by atoms with Crippen LogP contribution in [0.3, 0.4) is 0 Å². The highest BCUT2D eigenvalue weighted by atomic mass is 32.3. The Balaban J connectivity index is -0.000000206. The fourth-order valence-corrected chi connectivity index (χ4v) is 1.34. The molecule has 0 saturated carbocycles. The average Bonchev–Trinajstić information content (AvgIpc) is 1.95. The monoisotopic (exact) mass is 300 g/mol. The third-order valence-electron chi connectivity index (χ3n) is 1.79. The number of nitrogens with zero attached hydrogens (tertiary/aromatic N) is 2. The van der Waals surface area contributed by atoms with Crippen LogP contribution in [0.5, 0.6) is 0 Å². The maximum Gasteiger partial charge on any atom is 0.0777 e. The summed E-state index contributed by atoms with van der Waals surface area (Å²) >= 11 is 0. The van der Waals surface area contributed by atoms with Crippen LogP contribution in [0.4, 0.5) is 0 Å². The number of rotatable bonds is 4. The summed E-state index contributed by atoms with van der Waals surface area (Å²) in [5.74, 6) is 0. The molecule has 0 aromatic rings. The summed E-state index contributed by atoms with van der Waals surface area (Å²) in [5.41, 5.74) is 0. The normalized spacial score (nSPS) is 11.9. The summed E-state index contributed by atoms with van der Waals surface area (Å²) < 4.78 is 36.3. The van der Waals surface area contributed by atoms with Gasteiger partial charge in [-0.3, -0.25) is 8.42 Å². The van der Waals surface area contributed by atoms with Crippen molar-refractivity contribution in [3.8, 4) is 0 Å². The Morgan fingerprint density at radius 3 is 0.895 bits per heavy atom. The fourth-order valence-electron chi connectivity index (χ4n) is 1.34. The molecule has 0 aliphatic rings. The van der Waals surface area contributed by atoms with Crippen LogP contribution in [0.15, 0.2) is 0 Å². The van der Waals surface area contributed by atoms with E-state index in [1.165, 1.54) is 25.9 Å². The lowest BCUT2D eigenvalue weighted by Gasteiger charge is -2.22. The smallest absolute Gasteiger partial charge is 0.0777 e. The Kier molecular flexibility index (Phi) is 13.3. The van der Waals surface area contributed by atoms with E-state index in [0.717, 1.165) is 8.97 Å². The molecular formula is C12H32N2O4S. The molecule has 0 fully saturated rings. The van der Waals surface area contributed by atoms with Gasteiger partial charge in [0.15, 0.2) is 0 Å². The third kappa shape index (κ3) is 73.1. The van der Waals surface area contributed by atoms with Crippen LogP contribution in [0.25, 0.3) is 0 Å². The van der Waals surface area contributed by atoms with Crippen molar-refractivity contribution in [3.05, 3.63) is 0 Å². The van der Waals surface area contributed by atoms with Crippen LogP contribution in [0, 0.1) is 0 Å². The summed E-state index contributed by atoms with van der Waals surface area (Å²) in [5, 5.41) is 0. The van der Waals surface area contributed by atoms with Crippen LogP contribution in [-0.2, 0) is 10.4 Å². The van der Waals surface area contributed by atoms with E-state index in [2.05, 4.69) is 56.1 Å². The van der Waals surface area contributed by atoms with Crippen LogP contribution in [-0.4, -0.2) is 81.9 Å². The minimum absolute atomic E-state index is 1.09. The average molecular weight is 300 g/mol. The van der Waals surface area contributed by atoms with Gasteiger partial charge in [-0.2, -0.15) is 0 Å². The second-order valence-electron chi connectivity index (χ2n) is 6.44. The second kappa shape index (κ2) is 10.6. The van der Waals surface area contributed by atoms with Gasteiger partial charge in [0.25, 0.3) is 0 Å². The molecule has 0 aromatic carbocycles. The maximum atomic E-state index is 8.52. The second-order valence-corrected chi connectivity index (χ2v) is 7.25. The summed E-state index contributed by atoms with van der Waals surface area (Å²) in [7, 11) is 8.10. The minimum atomic E-state index is -5.17. The molecule has 0 rings (SSSR count). The molecule has 0 bridgehead atoms. The van der Waals surface area contributed by atoms with Crippen molar-refractivity contribution in [2.45, 2.75) is 26.7 Å². The lowest BCUT2D eigenvalue weighted by molar-refractivity contribution is -0.870. The topological polar surface area (TPSA) is 80.3 Å². The summed E-state index contributed by atoms with van der Waals surface area (Å²) in [6.45, 7) is 6.98. The highest BCUT2D eigenvalue weighted by Gasteiger charge is 2.01. The standard InChI is InChI=1S/2C6H16N.H2O4S/c2*1-5-6-7(2,3)4;1-5(2,3)4/h2*5-6H2,1-4H3;(H2,1,2,3,4)/q2*+1;/p-2. The van der Waals surface area contributed by atoms with Crippen molar-refractivity contribution in [2.75, 3.05) is 55.4 Å². The van der Waals surface area contributed by atoms with E-state index in [-0.39, 0.29) is 0 Å². The predicted molar refractivity (Wildman–Crippen MR) is 76.9 cm³/mol. The first-order valence-electron chi connectivity index (χ1n) is 6.40. The van der Waals surface area contributed by atoms with Crippen molar-refractivity contribution < 1.29 is 26.5 Å². The molecule has 0 aliphatic carbocycles. The number of hydrogen-bond donors (Lipinski definition) is 0. The van der Waals surface area contributed by atoms with E-state index in [4.69, 9.17) is 17.5 Å². The Labute approximate surface area is 119 Å². The van der Waals surface area contributed by atoms with Crippen molar-refractivity contribution in [1.29, 1.82) is 0 Å². The molecule has 0 radical (unpaired) electrons. The Bertz CT molecular complexity index is 266. The van der Waals surface area contributed by atoms with Crippen molar-refractivity contribution in [3.63, 3.8) is 0 Å². The molecule has 7 heteroatoms. The number of quaternary nitrogens is 2. The van der Waals surface area contributed by atoms with Gasteiger partial charge in [-0.1, -0.05) is 13.8 Å². The van der Waals surface area contributed by atoms with Gasteiger partial charge >= 0.3 is 0 Å². The van der Waals surface area contributed by atoms with Gasteiger partial charge in [-0.25, -0.2) is 0 Å². The van der Waals surface area contributed by atoms with Gasteiger partial charge in [0.05, 0.1) is 55.4 Å². The van der Waals surface area contributed by atoms with E-state index in [1.807, 2.05) is 0 Å². The highest BCUT2D eigenvalue weighted by Crippen LogP contribution is 1.90. The lowest BCUT2D eigenvalue weighted by Crippen LogP contribution is -2.34. The van der Waals surface area contributed by atoms with Gasteiger partial charge in [-0.15, -0.1) is 0 Å². The summed E-state index contributed by atoms with van der Waals surface area (Å²) in [4.78, 5) is 0. The summed E-state index contributed by atoms with van der Waals surface area (Å²) in [6, 6.07) is 0. The Morgan fingerprint density at radius 1 is 0.737 bits per heavy atom. The van der Waals surface area contributed by atoms with E-state index in [9.17, 15) is 0 Å². The van der Waals surface area contributed by atoms with Crippen LogP contribution in [0.1, 0.15) is 26.7 Å². The van der Waals surface area contributed by atoms with Crippen LogP contribution >= 0.6 is 0 Å². The SMILES string of the molecule is CCC[N+](C)(C)C.CCC[N+](C)(C)C.O=S(=O)([O-])[O-]. The largest absolute Gasteiger partial charge is 0.759 e. The van der Waals surface area contributed by atoms with Gasteiger partial charge < -0.3 is 18.1 Å². The van der Waals surface area contributed by atoms with Gasteiger partial charge in [0.1, 0.15) is 0 Å². The first kappa shape index (κ1) is 23.9. The van der Waals surface area contributed by atoms with Gasteiger partial charge in [-0.05, 0) is 12.8 Å². The molecule has 0 spiro atoms.